The van der Waals surface area contributed by atoms with E-state index in [4.69, 9.17) is 0 Å². The molecule has 0 aliphatic heterocycles. The highest BCUT2D eigenvalue weighted by Gasteiger charge is 2.08. The van der Waals surface area contributed by atoms with Crippen molar-refractivity contribution in [2.75, 3.05) is 0 Å². The molecule has 0 saturated carbocycles. The van der Waals surface area contributed by atoms with Crippen LogP contribution in [0.15, 0.2) is 46.6 Å². The van der Waals surface area contributed by atoms with Crippen LogP contribution in [0.3, 0.4) is 0 Å². The Morgan fingerprint density at radius 1 is 0.870 bits per heavy atom. The van der Waals surface area contributed by atoms with Crippen molar-refractivity contribution < 1.29 is 8.78 Å². The van der Waals surface area contributed by atoms with Crippen molar-refractivity contribution in [1.29, 1.82) is 0 Å². The van der Waals surface area contributed by atoms with Crippen molar-refractivity contribution in [3.8, 4) is 0 Å². The van der Waals surface area contributed by atoms with Crippen LogP contribution in [0.4, 0.5) is 8.78 Å². The summed E-state index contributed by atoms with van der Waals surface area (Å²) < 4.78 is 27.3. The molecule has 0 spiro atoms. The maximum atomic E-state index is 13.6. The average Bonchev–Trinajstić information content (AvgIpc) is 2.53. The van der Waals surface area contributed by atoms with Crippen molar-refractivity contribution in [2.24, 2.45) is 10.2 Å². The topological polar surface area (TPSA) is 24.7 Å². The summed E-state index contributed by atoms with van der Waals surface area (Å²) in [5.74, 6) is -1.10. The Morgan fingerprint density at radius 2 is 1.43 bits per heavy atom. The van der Waals surface area contributed by atoms with Gasteiger partial charge >= 0.3 is 0 Å². The summed E-state index contributed by atoms with van der Waals surface area (Å²) in [5, 5.41) is 7.76. The molecule has 0 aliphatic rings. The van der Waals surface area contributed by atoms with Gasteiger partial charge < -0.3 is 0 Å². The van der Waals surface area contributed by atoms with Gasteiger partial charge in [0.15, 0.2) is 0 Å². The molecule has 0 N–H and O–H groups in total. The molecule has 2 aromatic rings. The third kappa shape index (κ3) is 4.81. The smallest absolute Gasteiger partial charge is 0.129 e. The zero-order valence-corrected chi connectivity index (χ0v) is 13.4. The first kappa shape index (κ1) is 17.0. The number of hydrogen-bond acceptors (Lipinski definition) is 2. The van der Waals surface area contributed by atoms with Crippen LogP contribution in [-0.2, 0) is 12.8 Å². The molecule has 120 valence electrons. The molecule has 0 atom stereocenters. The normalized spacial score (nSPS) is 11.7. The first-order valence-electron chi connectivity index (χ1n) is 7.77. The quantitative estimate of drug-likeness (QED) is 0.533. The summed E-state index contributed by atoms with van der Waals surface area (Å²) >= 11 is 0. The van der Waals surface area contributed by atoms with Crippen molar-refractivity contribution in [1.82, 2.24) is 0 Å². The summed E-state index contributed by atoms with van der Waals surface area (Å²) in [7, 11) is 0. The largest absolute Gasteiger partial charge is 0.207 e. The fraction of sp³-hybridized carbons (Fsp3) is 0.263. The first-order valence-corrected chi connectivity index (χ1v) is 7.77. The number of benzene rings is 2. The summed E-state index contributed by atoms with van der Waals surface area (Å²) in [4.78, 5) is 0. The lowest BCUT2D eigenvalue weighted by atomic mass is 10.1. The van der Waals surface area contributed by atoms with E-state index in [-0.39, 0.29) is 5.56 Å². The summed E-state index contributed by atoms with van der Waals surface area (Å²) in [5.41, 5.74) is 2.67. The van der Waals surface area contributed by atoms with Gasteiger partial charge in [0.1, 0.15) is 11.6 Å². The lowest BCUT2D eigenvalue weighted by Gasteiger charge is -2.02. The van der Waals surface area contributed by atoms with E-state index < -0.39 is 11.6 Å². The highest BCUT2D eigenvalue weighted by molar-refractivity contribution is 5.82. The minimum Gasteiger partial charge on any atom is -0.207 e. The van der Waals surface area contributed by atoms with Gasteiger partial charge in [-0.05, 0) is 36.1 Å². The predicted molar refractivity (Wildman–Crippen MR) is 91.4 cm³/mol. The molecule has 0 amide bonds. The molecule has 4 heteroatoms. The molecule has 0 unspecified atom stereocenters. The fourth-order valence-corrected chi connectivity index (χ4v) is 2.29. The van der Waals surface area contributed by atoms with Gasteiger partial charge in [-0.15, -0.1) is 0 Å². The zero-order chi connectivity index (χ0) is 16.7. The van der Waals surface area contributed by atoms with Crippen molar-refractivity contribution >= 4 is 12.4 Å². The maximum absolute atomic E-state index is 13.6. The van der Waals surface area contributed by atoms with E-state index >= 15 is 0 Å². The highest BCUT2D eigenvalue weighted by Crippen LogP contribution is 2.15. The molecule has 0 aromatic heterocycles. The van der Waals surface area contributed by atoms with Gasteiger partial charge in [0.05, 0.1) is 12.4 Å². The molecule has 0 fully saturated rings. The molecular weight excluding hydrogens is 294 g/mol. The Hall–Kier alpha value is -2.36. The van der Waals surface area contributed by atoms with E-state index in [9.17, 15) is 8.78 Å². The number of halogens is 2. The SMILES string of the molecule is CCCc1ccc(C=NN=Cc2cc(F)c(CC)c(F)c2)cc1. The van der Waals surface area contributed by atoms with Gasteiger partial charge in [-0.25, -0.2) is 8.78 Å². The van der Waals surface area contributed by atoms with E-state index in [1.807, 2.05) is 12.1 Å². The van der Waals surface area contributed by atoms with Crippen LogP contribution < -0.4 is 0 Å². The van der Waals surface area contributed by atoms with Crippen molar-refractivity contribution in [2.45, 2.75) is 33.1 Å². The maximum Gasteiger partial charge on any atom is 0.129 e. The van der Waals surface area contributed by atoms with E-state index in [2.05, 4.69) is 29.3 Å². The van der Waals surface area contributed by atoms with Crippen LogP contribution in [0.5, 0.6) is 0 Å². The van der Waals surface area contributed by atoms with Crippen LogP contribution in [0, 0.1) is 11.6 Å². The Bertz CT molecular complexity index is 681. The minimum absolute atomic E-state index is 0.0952. The van der Waals surface area contributed by atoms with Crippen LogP contribution in [-0.4, -0.2) is 12.4 Å². The monoisotopic (exact) mass is 314 g/mol. The van der Waals surface area contributed by atoms with Gasteiger partial charge in [-0.2, -0.15) is 10.2 Å². The first-order chi connectivity index (χ1) is 11.1. The number of rotatable bonds is 6. The Balaban J connectivity index is 2.03. The summed E-state index contributed by atoms with van der Waals surface area (Å²) in [6, 6.07) is 10.6. The fourth-order valence-electron chi connectivity index (χ4n) is 2.29. The molecule has 0 bridgehead atoms. The molecule has 2 nitrogen and oxygen atoms in total. The number of aryl methyl sites for hydroxylation is 1. The molecule has 23 heavy (non-hydrogen) atoms. The van der Waals surface area contributed by atoms with Gasteiger partial charge in [0, 0.05) is 11.1 Å². The van der Waals surface area contributed by atoms with E-state index in [1.54, 1.807) is 13.1 Å². The second kappa shape index (κ2) is 8.32. The van der Waals surface area contributed by atoms with Crippen LogP contribution in [0.25, 0.3) is 0 Å². The van der Waals surface area contributed by atoms with Crippen LogP contribution in [0.2, 0.25) is 0 Å². The van der Waals surface area contributed by atoms with Gasteiger partial charge in [-0.3, -0.25) is 0 Å². The second-order valence-electron chi connectivity index (χ2n) is 5.30. The standard InChI is InChI=1S/C19H20F2N2/c1-3-5-14-6-8-15(9-7-14)12-22-23-13-16-10-18(20)17(4-2)19(21)11-16/h6-13H,3-5H2,1-2H3. The summed E-state index contributed by atoms with van der Waals surface area (Å²) in [6.07, 6.45) is 5.44. The van der Waals surface area contributed by atoms with Gasteiger partial charge in [-0.1, -0.05) is 44.5 Å². The Morgan fingerprint density at radius 3 is 1.96 bits per heavy atom. The minimum atomic E-state index is -0.551. The Kier molecular flexibility index (Phi) is 6.15. The molecule has 0 radical (unpaired) electrons. The molecule has 0 aliphatic carbocycles. The summed E-state index contributed by atoms with van der Waals surface area (Å²) in [6.45, 7) is 3.86. The highest BCUT2D eigenvalue weighted by atomic mass is 19.1. The molecule has 0 saturated heterocycles. The molecular formula is C19H20F2N2. The molecule has 0 heterocycles. The van der Waals surface area contributed by atoms with Gasteiger partial charge in [0.2, 0.25) is 0 Å². The molecule has 2 aromatic carbocycles. The van der Waals surface area contributed by atoms with Crippen molar-refractivity contribution in [3.63, 3.8) is 0 Å². The Labute approximate surface area is 135 Å². The predicted octanol–water partition coefficient (Wildman–Crippen LogP) is 4.93. The van der Waals surface area contributed by atoms with Gasteiger partial charge in [0.25, 0.3) is 0 Å². The third-order valence-corrected chi connectivity index (χ3v) is 3.52. The number of nitrogens with zero attached hydrogens (tertiary/aromatic N) is 2. The zero-order valence-electron chi connectivity index (χ0n) is 13.4. The van der Waals surface area contributed by atoms with Crippen LogP contribution in [0.1, 0.15) is 42.5 Å². The second-order valence-corrected chi connectivity index (χ2v) is 5.30. The average molecular weight is 314 g/mol. The number of hydrogen-bond donors (Lipinski definition) is 0. The third-order valence-electron chi connectivity index (χ3n) is 3.52. The van der Waals surface area contributed by atoms with Crippen molar-refractivity contribution in [3.05, 3.63) is 70.3 Å². The lowest BCUT2D eigenvalue weighted by Crippen LogP contribution is -1.96. The van der Waals surface area contributed by atoms with E-state index in [0.717, 1.165) is 18.4 Å². The van der Waals surface area contributed by atoms with E-state index in [1.165, 1.54) is 23.9 Å². The van der Waals surface area contributed by atoms with E-state index in [0.29, 0.717) is 12.0 Å². The molecule has 2 rings (SSSR count). The van der Waals surface area contributed by atoms with Crippen LogP contribution >= 0.6 is 0 Å². The lowest BCUT2D eigenvalue weighted by molar-refractivity contribution is 0.558.